The van der Waals surface area contributed by atoms with Gasteiger partial charge in [-0.3, -0.25) is 4.79 Å². The van der Waals surface area contributed by atoms with Gasteiger partial charge in [0.15, 0.2) is 0 Å². The predicted octanol–water partition coefficient (Wildman–Crippen LogP) is 5.63. The van der Waals surface area contributed by atoms with Crippen LogP contribution in [-0.2, 0) is 10.2 Å². The number of nitrogens with one attached hydrogen (secondary N) is 1. The maximum Gasteiger partial charge on any atom is 0.243 e. The van der Waals surface area contributed by atoms with Crippen LogP contribution in [0.25, 0.3) is 6.08 Å². The molecule has 3 rings (SSSR count). The summed E-state index contributed by atoms with van der Waals surface area (Å²) in [7, 11) is 0. The third-order valence-corrected chi connectivity index (χ3v) is 5.23. The molecule has 0 spiro atoms. The normalized spacial score (nSPS) is 19.9. The highest BCUT2D eigenvalue weighted by Gasteiger charge is 2.43. The Morgan fingerprint density at radius 2 is 1.78 bits per heavy atom. The van der Waals surface area contributed by atoms with Crippen molar-refractivity contribution in [2.45, 2.75) is 38.5 Å². The molecule has 1 amide bonds. The van der Waals surface area contributed by atoms with Gasteiger partial charge in [-0.05, 0) is 56.5 Å². The number of amides is 1. The molecule has 0 saturated heterocycles. The Kier molecular flexibility index (Phi) is 5.95. The fraction of sp³-hybridized carbons (Fsp3) is 0.304. The number of rotatable bonds is 5. The molecule has 2 aromatic rings. The Bertz CT molecular complexity index is 848. The highest BCUT2D eigenvalue weighted by atomic mass is 79.9. The summed E-state index contributed by atoms with van der Waals surface area (Å²) in [5.41, 5.74) is 6.42. The lowest BCUT2D eigenvalue weighted by molar-refractivity contribution is -0.122. The van der Waals surface area contributed by atoms with E-state index >= 15 is 0 Å². The van der Waals surface area contributed by atoms with E-state index in [9.17, 15) is 4.79 Å². The number of hydrogen-bond acceptors (Lipinski definition) is 2. The molecular formula is C23H25BrN2O. The molecule has 27 heavy (non-hydrogen) atoms. The zero-order chi connectivity index (χ0) is 19.4. The number of benzene rings is 2. The molecule has 1 aliphatic carbocycles. The first-order valence-electron chi connectivity index (χ1n) is 9.20. The second-order valence-corrected chi connectivity index (χ2v) is 8.91. The van der Waals surface area contributed by atoms with Gasteiger partial charge >= 0.3 is 0 Å². The second kappa shape index (κ2) is 8.22. The van der Waals surface area contributed by atoms with Crippen molar-refractivity contribution in [1.82, 2.24) is 5.43 Å². The van der Waals surface area contributed by atoms with Crippen LogP contribution in [-0.4, -0.2) is 12.1 Å². The SMILES string of the molecule is CC(C)(C)c1ccc([C@@H]2C[C@@H]2C(=O)NN=C/C(Br)=C\c2ccccc2)cc1. The highest BCUT2D eigenvalue weighted by molar-refractivity contribution is 9.12. The number of halogens is 1. The Balaban J connectivity index is 1.52. The van der Waals surface area contributed by atoms with Crippen LogP contribution in [0.3, 0.4) is 0 Å². The van der Waals surface area contributed by atoms with E-state index in [4.69, 9.17) is 0 Å². The van der Waals surface area contributed by atoms with E-state index in [1.54, 1.807) is 6.21 Å². The lowest BCUT2D eigenvalue weighted by atomic mass is 9.86. The summed E-state index contributed by atoms with van der Waals surface area (Å²) in [5, 5.41) is 4.06. The van der Waals surface area contributed by atoms with Gasteiger partial charge in [0, 0.05) is 10.4 Å². The summed E-state index contributed by atoms with van der Waals surface area (Å²) in [6, 6.07) is 18.6. The molecule has 1 N–H and O–H groups in total. The Hall–Kier alpha value is -2.20. The minimum Gasteiger partial charge on any atom is -0.273 e. The second-order valence-electron chi connectivity index (χ2n) is 7.99. The lowest BCUT2D eigenvalue weighted by Gasteiger charge is -2.19. The van der Waals surface area contributed by atoms with Crippen molar-refractivity contribution in [3.63, 3.8) is 0 Å². The molecule has 1 aliphatic rings. The van der Waals surface area contributed by atoms with Gasteiger partial charge in [-0.25, -0.2) is 5.43 Å². The van der Waals surface area contributed by atoms with E-state index in [0.29, 0.717) is 5.92 Å². The maximum atomic E-state index is 12.3. The first kappa shape index (κ1) is 19.6. The van der Waals surface area contributed by atoms with Gasteiger partial charge in [0.1, 0.15) is 0 Å². The minimum atomic E-state index is -0.0174. The highest BCUT2D eigenvalue weighted by Crippen LogP contribution is 2.47. The van der Waals surface area contributed by atoms with Gasteiger partial charge < -0.3 is 0 Å². The summed E-state index contributed by atoms with van der Waals surface area (Å²) in [6.07, 6.45) is 4.45. The van der Waals surface area contributed by atoms with Gasteiger partial charge in [0.05, 0.1) is 6.21 Å². The van der Waals surface area contributed by atoms with Crippen molar-refractivity contribution in [2.75, 3.05) is 0 Å². The van der Waals surface area contributed by atoms with Crippen LogP contribution in [0.1, 0.15) is 49.8 Å². The van der Waals surface area contributed by atoms with Crippen LogP contribution >= 0.6 is 15.9 Å². The molecule has 2 atom stereocenters. The van der Waals surface area contributed by atoms with Gasteiger partial charge in [-0.2, -0.15) is 5.10 Å². The molecule has 0 heterocycles. The molecule has 1 fully saturated rings. The van der Waals surface area contributed by atoms with Crippen molar-refractivity contribution in [1.29, 1.82) is 0 Å². The fourth-order valence-electron chi connectivity index (χ4n) is 3.07. The third-order valence-electron chi connectivity index (χ3n) is 4.80. The molecule has 0 bridgehead atoms. The maximum absolute atomic E-state index is 12.3. The van der Waals surface area contributed by atoms with Crippen LogP contribution in [0.15, 0.2) is 64.2 Å². The van der Waals surface area contributed by atoms with Gasteiger partial charge in [0.25, 0.3) is 0 Å². The number of allylic oxidation sites excluding steroid dienone is 1. The molecule has 2 aromatic carbocycles. The number of hydrazone groups is 1. The van der Waals surface area contributed by atoms with E-state index < -0.39 is 0 Å². The van der Waals surface area contributed by atoms with Crippen molar-refractivity contribution in [2.24, 2.45) is 11.0 Å². The summed E-state index contributed by atoms with van der Waals surface area (Å²) in [4.78, 5) is 12.3. The predicted molar refractivity (Wildman–Crippen MR) is 116 cm³/mol. The van der Waals surface area contributed by atoms with E-state index in [2.05, 4.69) is 71.5 Å². The molecular weight excluding hydrogens is 400 g/mol. The molecule has 1 saturated carbocycles. The van der Waals surface area contributed by atoms with E-state index in [-0.39, 0.29) is 17.2 Å². The van der Waals surface area contributed by atoms with E-state index in [0.717, 1.165) is 16.5 Å². The fourth-order valence-corrected chi connectivity index (χ4v) is 3.44. The van der Waals surface area contributed by atoms with Crippen molar-refractivity contribution < 1.29 is 4.79 Å². The smallest absolute Gasteiger partial charge is 0.243 e. The molecule has 3 nitrogen and oxygen atoms in total. The summed E-state index contributed by atoms with van der Waals surface area (Å²) in [6.45, 7) is 6.62. The van der Waals surface area contributed by atoms with Crippen molar-refractivity contribution in [3.05, 3.63) is 75.8 Å². The molecule has 140 valence electrons. The largest absolute Gasteiger partial charge is 0.273 e. The first-order valence-corrected chi connectivity index (χ1v) is 9.99. The van der Waals surface area contributed by atoms with Crippen LogP contribution < -0.4 is 5.43 Å². The van der Waals surface area contributed by atoms with E-state index in [1.807, 2.05) is 36.4 Å². The summed E-state index contributed by atoms with van der Waals surface area (Å²) in [5.74, 6) is 0.299. The van der Waals surface area contributed by atoms with Gasteiger partial charge in [-0.15, -0.1) is 0 Å². The van der Waals surface area contributed by atoms with Crippen LogP contribution in [0.5, 0.6) is 0 Å². The van der Waals surface area contributed by atoms with Crippen LogP contribution in [0, 0.1) is 5.92 Å². The van der Waals surface area contributed by atoms with Gasteiger partial charge in [-0.1, -0.05) is 75.4 Å². The molecule has 4 heteroatoms. The Morgan fingerprint density at radius 3 is 2.41 bits per heavy atom. The van der Waals surface area contributed by atoms with Crippen molar-refractivity contribution >= 4 is 34.1 Å². The minimum absolute atomic E-state index is 0.0134. The molecule has 0 aliphatic heterocycles. The average Bonchev–Trinajstić information content (AvgIpc) is 3.43. The zero-order valence-electron chi connectivity index (χ0n) is 15.9. The van der Waals surface area contributed by atoms with Gasteiger partial charge in [0.2, 0.25) is 5.91 Å². The number of nitrogens with zero attached hydrogens (tertiary/aromatic N) is 1. The summed E-state index contributed by atoms with van der Waals surface area (Å²) < 4.78 is 0.805. The number of carbonyl (C=O) groups excluding carboxylic acids is 1. The quantitative estimate of drug-likeness (QED) is 0.490. The summed E-state index contributed by atoms with van der Waals surface area (Å²) >= 11 is 3.45. The number of hydrogen-bond donors (Lipinski definition) is 1. The van der Waals surface area contributed by atoms with Crippen molar-refractivity contribution in [3.8, 4) is 0 Å². The monoisotopic (exact) mass is 424 g/mol. The third kappa shape index (κ3) is 5.39. The average molecular weight is 425 g/mol. The standard InChI is InChI=1S/C23H25BrN2O/c1-23(2,3)18-11-9-17(10-12-18)20-14-21(20)22(27)26-25-15-19(24)13-16-7-5-4-6-8-16/h4-13,15,20-21H,14H2,1-3H3,(H,26,27)/b19-13+,25-15?/t20-,21-/m0/s1. The zero-order valence-corrected chi connectivity index (χ0v) is 17.5. The van der Waals surface area contributed by atoms with E-state index in [1.165, 1.54) is 11.1 Å². The molecule has 0 unspecified atom stereocenters. The number of carbonyl (C=O) groups is 1. The molecule has 0 radical (unpaired) electrons. The first-order chi connectivity index (χ1) is 12.8. The Labute approximate surface area is 169 Å². The van der Waals surface area contributed by atoms with Crippen LogP contribution in [0.2, 0.25) is 0 Å². The topological polar surface area (TPSA) is 41.5 Å². The van der Waals surface area contributed by atoms with Crippen LogP contribution in [0.4, 0.5) is 0 Å². The lowest BCUT2D eigenvalue weighted by Crippen LogP contribution is -2.20. The Morgan fingerprint density at radius 1 is 1.11 bits per heavy atom. The molecule has 0 aromatic heterocycles.